The molecule has 3 N–H and O–H groups in total. The van der Waals surface area contributed by atoms with Gasteiger partial charge in [-0.3, -0.25) is 0 Å². The predicted molar refractivity (Wildman–Crippen MR) is 112 cm³/mol. The van der Waals surface area contributed by atoms with Gasteiger partial charge in [0.25, 0.3) is 0 Å². The number of unbranched alkanes of at least 4 members (excludes halogenated alkanes) is 13. The van der Waals surface area contributed by atoms with Gasteiger partial charge in [0.15, 0.2) is 0 Å². The van der Waals surface area contributed by atoms with E-state index in [0.29, 0.717) is 0 Å². The van der Waals surface area contributed by atoms with Crippen LogP contribution in [0.2, 0.25) is 0 Å². The number of hydrogen-bond acceptors (Lipinski definition) is 1. The average molecular weight is 357 g/mol. The molecule has 2 heteroatoms. The maximum absolute atomic E-state index is 9.95. The highest BCUT2D eigenvalue weighted by molar-refractivity contribution is 4.57. The van der Waals surface area contributed by atoms with E-state index in [1.54, 1.807) is 0 Å². The third kappa shape index (κ3) is 21.9. The highest BCUT2D eigenvalue weighted by atomic mass is 16.3. The summed E-state index contributed by atoms with van der Waals surface area (Å²) >= 11 is 0. The van der Waals surface area contributed by atoms with E-state index >= 15 is 0 Å². The summed E-state index contributed by atoms with van der Waals surface area (Å²) in [5, 5.41) is 12.5. The molecule has 0 saturated heterocycles. The van der Waals surface area contributed by atoms with Crippen LogP contribution in [0.4, 0.5) is 0 Å². The standard InChI is InChI=1S/C23H49NO/c1-3-5-7-15-19-23(25)20-16-13-11-9-8-10-12-14-18-22-24-21-17-6-4-2/h23-25H,3-22H2,1-2H3/p+1/t23-/m1/s1. The van der Waals surface area contributed by atoms with Crippen LogP contribution in [-0.2, 0) is 0 Å². The summed E-state index contributed by atoms with van der Waals surface area (Å²) < 4.78 is 0. The van der Waals surface area contributed by atoms with Gasteiger partial charge in [-0.05, 0) is 38.5 Å². The SMILES string of the molecule is CCCCCC[C@@H](O)CCCCCCCCCCC[NH2+]CCCCC. The molecule has 0 fully saturated rings. The summed E-state index contributed by atoms with van der Waals surface area (Å²) in [5.74, 6) is 0. The van der Waals surface area contributed by atoms with Crippen LogP contribution in [0.5, 0.6) is 0 Å². The fraction of sp³-hybridized carbons (Fsp3) is 1.00. The third-order valence-electron chi connectivity index (χ3n) is 5.35. The van der Waals surface area contributed by atoms with Gasteiger partial charge in [0.2, 0.25) is 0 Å². The van der Waals surface area contributed by atoms with E-state index in [1.807, 2.05) is 0 Å². The molecule has 0 aromatic rings. The van der Waals surface area contributed by atoms with Gasteiger partial charge in [0.1, 0.15) is 0 Å². The first-order valence-corrected chi connectivity index (χ1v) is 11.8. The Balaban J connectivity index is 3.06. The molecule has 25 heavy (non-hydrogen) atoms. The van der Waals surface area contributed by atoms with E-state index < -0.39 is 0 Å². The second kappa shape index (κ2) is 22.0. The molecule has 0 radical (unpaired) electrons. The van der Waals surface area contributed by atoms with Gasteiger partial charge in [-0.1, -0.05) is 90.9 Å². The lowest BCUT2D eigenvalue weighted by molar-refractivity contribution is -0.655. The van der Waals surface area contributed by atoms with E-state index in [0.717, 1.165) is 12.8 Å². The lowest BCUT2D eigenvalue weighted by Gasteiger charge is -2.10. The van der Waals surface area contributed by atoms with Crippen molar-refractivity contribution in [3.63, 3.8) is 0 Å². The van der Waals surface area contributed by atoms with Gasteiger partial charge in [-0.15, -0.1) is 0 Å². The van der Waals surface area contributed by atoms with Crippen LogP contribution in [-0.4, -0.2) is 24.3 Å². The first-order chi connectivity index (χ1) is 12.3. The Labute approximate surface area is 159 Å². The van der Waals surface area contributed by atoms with Gasteiger partial charge < -0.3 is 10.4 Å². The lowest BCUT2D eigenvalue weighted by atomic mass is 10.0. The van der Waals surface area contributed by atoms with Crippen molar-refractivity contribution in [1.29, 1.82) is 0 Å². The van der Waals surface area contributed by atoms with Crippen LogP contribution in [0.3, 0.4) is 0 Å². The first kappa shape index (κ1) is 24.9. The van der Waals surface area contributed by atoms with Gasteiger partial charge in [0, 0.05) is 0 Å². The highest BCUT2D eigenvalue weighted by Crippen LogP contribution is 2.14. The minimum Gasteiger partial charge on any atom is -0.393 e. The van der Waals surface area contributed by atoms with Gasteiger partial charge in [0.05, 0.1) is 19.2 Å². The van der Waals surface area contributed by atoms with Crippen molar-refractivity contribution in [2.75, 3.05) is 13.1 Å². The van der Waals surface area contributed by atoms with Crippen LogP contribution >= 0.6 is 0 Å². The van der Waals surface area contributed by atoms with Crippen LogP contribution in [0.25, 0.3) is 0 Å². The molecule has 0 aromatic carbocycles. The molecule has 0 spiro atoms. The van der Waals surface area contributed by atoms with Gasteiger partial charge in [-0.25, -0.2) is 0 Å². The molecule has 0 heterocycles. The maximum Gasteiger partial charge on any atom is 0.0755 e. The van der Waals surface area contributed by atoms with Crippen LogP contribution in [0.1, 0.15) is 129 Å². The van der Waals surface area contributed by atoms with Crippen molar-refractivity contribution in [2.45, 2.75) is 136 Å². The Morgan fingerprint density at radius 2 is 0.880 bits per heavy atom. The number of rotatable bonds is 21. The van der Waals surface area contributed by atoms with Crippen molar-refractivity contribution >= 4 is 0 Å². The topological polar surface area (TPSA) is 36.8 Å². The van der Waals surface area contributed by atoms with E-state index in [4.69, 9.17) is 0 Å². The number of aliphatic hydroxyl groups is 1. The zero-order chi connectivity index (χ0) is 18.4. The minimum absolute atomic E-state index is 0.0318. The first-order valence-electron chi connectivity index (χ1n) is 11.8. The number of quaternary nitrogens is 1. The smallest absolute Gasteiger partial charge is 0.0755 e. The van der Waals surface area contributed by atoms with E-state index in [2.05, 4.69) is 19.2 Å². The fourth-order valence-electron chi connectivity index (χ4n) is 3.54. The molecule has 0 saturated carbocycles. The summed E-state index contributed by atoms with van der Waals surface area (Å²) in [6.07, 6.45) is 23.7. The van der Waals surface area contributed by atoms with Gasteiger partial charge in [-0.2, -0.15) is 0 Å². The van der Waals surface area contributed by atoms with Crippen molar-refractivity contribution in [3.05, 3.63) is 0 Å². The van der Waals surface area contributed by atoms with E-state index in [-0.39, 0.29) is 6.10 Å². The zero-order valence-corrected chi connectivity index (χ0v) is 17.7. The normalized spacial score (nSPS) is 12.6. The van der Waals surface area contributed by atoms with Crippen molar-refractivity contribution in [1.82, 2.24) is 0 Å². The number of hydrogen-bond donors (Lipinski definition) is 2. The molecule has 2 nitrogen and oxygen atoms in total. The lowest BCUT2D eigenvalue weighted by Crippen LogP contribution is -2.84. The van der Waals surface area contributed by atoms with Crippen LogP contribution in [0, 0.1) is 0 Å². The van der Waals surface area contributed by atoms with Crippen LogP contribution in [0.15, 0.2) is 0 Å². The molecule has 0 unspecified atom stereocenters. The summed E-state index contributed by atoms with van der Waals surface area (Å²) in [5.41, 5.74) is 0. The summed E-state index contributed by atoms with van der Waals surface area (Å²) in [4.78, 5) is 0. The zero-order valence-electron chi connectivity index (χ0n) is 17.7. The second-order valence-electron chi connectivity index (χ2n) is 8.05. The molecule has 0 aliphatic carbocycles. The molecule has 152 valence electrons. The van der Waals surface area contributed by atoms with Gasteiger partial charge >= 0.3 is 0 Å². The van der Waals surface area contributed by atoms with Crippen molar-refractivity contribution < 1.29 is 10.4 Å². The maximum atomic E-state index is 9.95. The third-order valence-corrected chi connectivity index (χ3v) is 5.35. The minimum atomic E-state index is -0.0318. The summed E-state index contributed by atoms with van der Waals surface area (Å²) in [6, 6.07) is 0. The molecule has 1 atom stereocenters. The average Bonchev–Trinajstić information content (AvgIpc) is 2.62. The molecule has 0 aromatic heterocycles. The van der Waals surface area contributed by atoms with Crippen LogP contribution < -0.4 is 5.32 Å². The molecule has 0 amide bonds. The quantitative estimate of drug-likeness (QED) is 0.244. The van der Waals surface area contributed by atoms with E-state index in [9.17, 15) is 5.11 Å². The number of nitrogens with two attached hydrogens (primary N) is 1. The monoisotopic (exact) mass is 356 g/mol. The number of aliphatic hydroxyl groups excluding tert-OH is 1. The molecular weight excluding hydrogens is 306 g/mol. The Hall–Kier alpha value is -0.0800. The Kier molecular flexibility index (Phi) is 21.9. The molecule has 0 aliphatic rings. The summed E-state index contributed by atoms with van der Waals surface area (Å²) in [6.45, 7) is 7.19. The molecular formula is C23H50NO+. The van der Waals surface area contributed by atoms with Crippen molar-refractivity contribution in [2.24, 2.45) is 0 Å². The Morgan fingerprint density at radius 1 is 0.520 bits per heavy atom. The second-order valence-corrected chi connectivity index (χ2v) is 8.05. The highest BCUT2D eigenvalue weighted by Gasteiger charge is 2.03. The molecule has 0 bridgehead atoms. The van der Waals surface area contributed by atoms with E-state index in [1.165, 1.54) is 116 Å². The fourth-order valence-corrected chi connectivity index (χ4v) is 3.54. The molecule has 0 rings (SSSR count). The molecule has 0 aliphatic heterocycles. The van der Waals surface area contributed by atoms with Crippen molar-refractivity contribution in [3.8, 4) is 0 Å². The Bertz CT molecular complexity index is 232. The largest absolute Gasteiger partial charge is 0.393 e. The Morgan fingerprint density at radius 3 is 1.40 bits per heavy atom. The predicted octanol–water partition coefficient (Wildman–Crippen LogP) is 5.97. The summed E-state index contributed by atoms with van der Waals surface area (Å²) in [7, 11) is 0.